The average molecular weight is 293 g/mol. The summed E-state index contributed by atoms with van der Waals surface area (Å²) in [5.74, 6) is 0. The van der Waals surface area contributed by atoms with Crippen molar-refractivity contribution in [3.8, 4) is 0 Å². The van der Waals surface area contributed by atoms with Crippen LogP contribution in [0.3, 0.4) is 0 Å². The predicted molar refractivity (Wildman–Crippen MR) is 82.2 cm³/mol. The van der Waals surface area contributed by atoms with Crippen LogP contribution in [0.2, 0.25) is 5.02 Å². The SMILES string of the molecule is CCc1nn(Cc2ccc(C)cc2Cl)c(CC)c1CO. The fraction of sp³-hybridized carbons (Fsp3) is 0.438. The van der Waals surface area contributed by atoms with E-state index < -0.39 is 0 Å². The molecule has 0 bridgehead atoms. The molecule has 1 heterocycles. The minimum atomic E-state index is 0.0496. The highest BCUT2D eigenvalue weighted by Gasteiger charge is 2.15. The molecule has 0 atom stereocenters. The summed E-state index contributed by atoms with van der Waals surface area (Å²) in [5.41, 5.74) is 5.26. The highest BCUT2D eigenvalue weighted by atomic mass is 35.5. The molecule has 2 rings (SSSR count). The van der Waals surface area contributed by atoms with E-state index in [-0.39, 0.29) is 6.61 Å². The van der Waals surface area contributed by atoms with E-state index in [1.165, 1.54) is 0 Å². The van der Waals surface area contributed by atoms with Crippen molar-refractivity contribution in [1.29, 1.82) is 0 Å². The molecule has 0 amide bonds. The summed E-state index contributed by atoms with van der Waals surface area (Å²) in [4.78, 5) is 0. The van der Waals surface area contributed by atoms with E-state index in [1.807, 2.05) is 23.7 Å². The van der Waals surface area contributed by atoms with Crippen LogP contribution in [0.15, 0.2) is 18.2 Å². The quantitative estimate of drug-likeness (QED) is 0.916. The summed E-state index contributed by atoms with van der Waals surface area (Å²) in [6.07, 6.45) is 1.68. The van der Waals surface area contributed by atoms with Crippen molar-refractivity contribution in [2.45, 2.75) is 46.8 Å². The number of benzene rings is 1. The number of aromatic nitrogens is 2. The number of halogens is 1. The summed E-state index contributed by atoms with van der Waals surface area (Å²) < 4.78 is 1.97. The molecule has 2 aromatic rings. The van der Waals surface area contributed by atoms with Crippen molar-refractivity contribution in [3.63, 3.8) is 0 Å². The molecule has 0 radical (unpaired) electrons. The Balaban J connectivity index is 2.40. The number of rotatable bonds is 5. The standard InChI is InChI=1S/C16H21ClN2O/c1-4-15-13(10-20)16(5-2)19(18-15)9-12-7-6-11(3)8-14(12)17/h6-8,20H,4-5,9-10H2,1-3H3. The van der Waals surface area contributed by atoms with Gasteiger partial charge in [-0.1, -0.05) is 37.6 Å². The molecule has 108 valence electrons. The smallest absolute Gasteiger partial charge is 0.0718 e. The van der Waals surface area contributed by atoms with E-state index in [9.17, 15) is 5.11 Å². The van der Waals surface area contributed by atoms with Crippen molar-refractivity contribution < 1.29 is 5.11 Å². The van der Waals surface area contributed by atoms with Gasteiger partial charge in [-0.05, 0) is 37.0 Å². The zero-order chi connectivity index (χ0) is 14.7. The fourth-order valence-corrected chi connectivity index (χ4v) is 2.82. The molecule has 0 aliphatic carbocycles. The number of aliphatic hydroxyl groups is 1. The van der Waals surface area contributed by atoms with Crippen LogP contribution in [0.5, 0.6) is 0 Å². The molecule has 0 saturated heterocycles. The molecule has 0 aliphatic rings. The van der Waals surface area contributed by atoms with Gasteiger partial charge in [-0.2, -0.15) is 5.10 Å². The topological polar surface area (TPSA) is 38.0 Å². The first-order chi connectivity index (χ1) is 9.60. The molecule has 1 N–H and O–H groups in total. The molecule has 0 fully saturated rings. The number of nitrogens with zero attached hydrogens (tertiary/aromatic N) is 2. The predicted octanol–water partition coefficient (Wildman–Crippen LogP) is 3.51. The second-order valence-corrected chi connectivity index (χ2v) is 5.40. The average Bonchev–Trinajstić information content (AvgIpc) is 2.78. The van der Waals surface area contributed by atoms with Crippen LogP contribution in [0, 0.1) is 6.92 Å². The second-order valence-electron chi connectivity index (χ2n) is 4.99. The van der Waals surface area contributed by atoms with Gasteiger partial charge in [-0.25, -0.2) is 0 Å². The minimum absolute atomic E-state index is 0.0496. The summed E-state index contributed by atoms with van der Waals surface area (Å²) in [7, 11) is 0. The molecule has 0 spiro atoms. The lowest BCUT2D eigenvalue weighted by Crippen LogP contribution is -2.07. The molecule has 1 aromatic carbocycles. The van der Waals surface area contributed by atoms with Gasteiger partial charge in [0.15, 0.2) is 0 Å². The van der Waals surface area contributed by atoms with Crippen molar-refractivity contribution >= 4 is 11.6 Å². The number of hydrogen-bond donors (Lipinski definition) is 1. The largest absolute Gasteiger partial charge is 0.392 e. The molecule has 0 aliphatic heterocycles. The Hall–Kier alpha value is -1.32. The monoisotopic (exact) mass is 292 g/mol. The van der Waals surface area contributed by atoms with Crippen LogP contribution in [-0.2, 0) is 26.0 Å². The maximum atomic E-state index is 9.55. The van der Waals surface area contributed by atoms with Gasteiger partial charge in [0, 0.05) is 16.3 Å². The third kappa shape index (κ3) is 2.89. The van der Waals surface area contributed by atoms with Crippen LogP contribution in [0.4, 0.5) is 0 Å². The third-order valence-corrected chi connectivity index (χ3v) is 3.96. The summed E-state index contributed by atoms with van der Waals surface area (Å²) in [6.45, 7) is 6.87. The van der Waals surface area contributed by atoms with Crippen LogP contribution < -0.4 is 0 Å². The van der Waals surface area contributed by atoms with Gasteiger partial charge in [0.25, 0.3) is 0 Å². The molecular weight excluding hydrogens is 272 g/mol. The Bertz CT molecular complexity index is 605. The molecule has 3 nitrogen and oxygen atoms in total. The van der Waals surface area contributed by atoms with Gasteiger partial charge < -0.3 is 5.11 Å². The van der Waals surface area contributed by atoms with E-state index >= 15 is 0 Å². The van der Waals surface area contributed by atoms with Gasteiger partial charge in [0.05, 0.1) is 18.8 Å². The van der Waals surface area contributed by atoms with E-state index in [4.69, 9.17) is 11.6 Å². The summed E-state index contributed by atoms with van der Waals surface area (Å²) >= 11 is 6.30. The normalized spacial score (nSPS) is 11.1. The lowest BCUT2D eigenvalue weighted by atomic mass is 10.1. The number of aryl methyl sites for hydroxylation is 2. The Morgan fingerprint density at radius 2 is 2.00 bits per heavy atom. The van der Waals surface area contributed by atoms with E-state index in [0.717, 1.165) is 45.9 Å². The fourth-order valence-electron chi connectivity index (χ4n) is 2.52. The van der Waals surface area contributed by atoms with Gasteiger partial charge in [0.1, 0.15) is 0 Å². The summed E-state index contributed by atoms with van der Waals surface area (Å²) in [5, 5.41) is 14.9. The second kappa shape index (κ2) is 6.42. The lowest BCUT2D eigenvalue weighted by Gasteiger charge is -2.09. The van der Waals surface area contributed by atoms with Crippen molar-refractivity contribution in [1.82, 2.24) is 9.78 Å². The van der Waals surface area contributed by atoms with Crippen LogP contribution in [0.1, 0.15) is 41.9 Å². The van der Waals surface area contributed by atoms with E-state index in [0.29, 0.717) is 6.54 Å². The molecule has 0 unspecified atom stereocenters. The Kier molecular flexibility index (Phi) is 4.84. The van der Waals surface area contributed by atoms with Gasteiger partial charge >= 0.3 is 0 Å². The van der Waals surface area contributed by atoms with Crippen LogP contribution >= 0.6 is 11.6 Å². The van der Waals surface area contributed by atoms with Crippen molar-refractivity contribution in [2.75, 3.05) is 0 Å². The zero-order valence-electron chi connectivity index (χ0n) is 12.3. The Labute approximate surface area is 125 Å². The molecule has 4 heteroatoms. The Morgan fingerprint density at radius 1 is 1.25 bits per heavy atom. The van der Waals surface area contributed by atoms with E-state index in [1.54, 1.807) is 0 Å². The Morgan fingerprint density at radius 3 is 2.55 bits per heavy atom. The maximum Gasteiger partial charge on any atom is 0.0718 e. The van der Waals surface area contributed by atoms with Gasteiger partial charge in [-0.3, -0.25) is 4.68 Å². The zero-order valence-corrected chi connectivity index (χ0v) is 13.0. The minimum Gasteiger partial charge on any atom is -0.392 e. The summed E-state index contributed by atoms with van der Waals surface area (Å²) in [6, 6.07) is 6.08. The lowest BCUT2D eigenvalue weighted by molar-refractivity contribution is 0.279. The highest BCUT2D eigenvalue weighted by Crippen LogP contribution is 2.22. The van der Waals surface area contributed by atoms with Crippen LogP contribution in [0.25, 0.3) is 0 Å². The molecular formula is C16H21ClN2O. The molecule has 0 saturated carbocycles. The molecule has 1 aromatic heterocycles. The van der Waals surface area contributed by atoms with Gasteiger partial charge in [-0.15, -0.1) is 0 Å². The van der Waals surface area contributed by atoms with Crippen molar-refractivity contribution in [3.05, 3.63) is 51.3 Å². The van der Waals surface area contributed by atoms with Crippen LogP contribution in [-0.4, -0.2) is 14.9 Å². The van der Waals surface area contributed by atoms with E-state index in [2.05, 4.69) is 25.0 Å². The van der Waals surface area contributed by atoms with Crippen molar-refractivity contribution in [2.24, 2.45) is 0 Å². The first-order valence-electron chi connectivity index (χ1n) is 7.04. The first-order valence-corrected chi connectivity index (χ1v) is 7.41. The number of hydrogen-bond acceptors (Lipinski definition) is 2. The molecule has 20 heavy (non-hydrogen) atoms. The first kappa shape index (κ1) is 15.1. The highest BCUT2D eigenvalue weighted by molar-refractivity contribution is 6.31. The van der Waals surface area contributed by atoms with Gasteiger partial charge in [0.2, 0.25) is 0 Å². The number of aliphatic hydroxyl groups excluding tert-OH is 1. The maximum absolute atomic E-state index is 9.55. The third-order valence-electron chi connectivity index (χ3n) is 3.61.